The highest BCUT2D eigenvalue weighted by molar-refractivity contribution is 5.95. The number of nitrogens with zero attached hydrogens (tertiary/aromatic N) is 4. The van der Waals surface area contributed by atoms with Gasteiger partial charge in [-0.1, -0.05) is 24.3 Å². The van der Waals surface area contributed by atoms with E-state index in [9.17, 15) is 14.0 Å². The highest BCUT2D eigenvalue weighted by Crippen LogP contribution is 2.27. The predicted octanol–water partition coefficient (Wildman–Crippen LogP) is 4.39. The Bertz CT molecular complexity index is 1420. The monoisotopic (exact) mass is 459 g/mol. The number of carbonyl (C=O) groups excluding carboxylic acids is 1. The minimum Gasteiger partial charge on any atom is -0.328 e. The van der Waals surface area contributed by atoms with Crippen molar-refractivity contribution in [3.05, 3.63) is 106 Å². The fraction of sp³-hybridized carbons (Fsp3) is 0.231. The van der Waals surface area contributed by atoms with E-state index in [4.69, 9.17) is 0 Å². The van der Waals surface area contributed by atoms with Crippen LogP contribution in [0.4, 0.5) is 4.39 Å². The molecule has 0 atom stereocenters. The Balaban J connectivity index is 0.00000133. The van der Waals surface area contributed by atoms with Gasteiger partial charge in [-0.3, -0.25) is 14.3 Å². The zero-order valence-corrected chi connectivity index (χ0v) is 19.2. The van der Waals surface area contributed by atoms with Crippen LogP contribution in [0.2, 0.25) is 0 Å². The summed E-state index contributed by atoms with van der Waals surface area (Å²) in [5, 5.41) is 12.4. The average Bonchev–Trinajstić information content (AvgIpc) is 3.44. The van der Waals surface area contributed by atoms with Gasteiger partial charge in [0.1, 0.15) is 5.82 Å². The first-order chi connectivity index (χ1) is 16.4. The summed E-state index contributed by atoms with van der Waals surface area (Å²) in [6.07, 6.45) is 2.14. The van der Waals surface area contributed by atoms with Crippen LogP contribution in [0.1, 0.15) is 52.8 Å². The largest absolute Gasteiger partial charge is 0.328 e. The Morgan fingerprint density at radius 1 is 1.15 bits per heavy atom. The van der Waals surface area contributed by atoms with Crippen molar-refractivity contribution in [2.45, 2.75) is 39.4 Å². The first kappa shape index (κ1) is 23.1. The van der Waals surface area contributed by atoms with E-state index in [0.717, 1.165) is 22.2 Å². The highest BCUT2D eigenvalue weighted by Gasteiger charge is 2.29. The van der Waals surface area contributed by atoms with E-state index in [1.54, 1.807) is 35.4 Å². The standard InChI is InChI=1S/C24H22FN5O2.C2H4/c1-14(2)30-22-13-29(12-16(22)11-26-30)24(32)19-9-15(7-8-20(19)25)10-21-17-5-3-4-6-18(17)23(31)28-27-21;1-2/h3-9,11,14H,10,12-13H2,1-2H3,(H,28,31);1-2H2. The summed E-state index contributed by atoms with van der Waals surface area (Å²) in [4.78, 5) is 26.8. The third-order valence-corrected chi connectivity index (χ3v) is 5.87. The summed E-state index contributed by atoms with van der Waals surface area (Å²) in [6, 6.07) is 11.9. The summed E-state index contributed by atoms with van der Waals surface area (Å²) in [6.45, 7) is 10.9. The van der Waals surface area contributed by atoms with E-state index in [1.165, 1.54) is 6.07 Å². The predicted molar refractivity (Wildman–Crippen MR) is 129 cm³/mol. The molecule has 1 aliphatic rings. The van der Waals surface area contributed by atoms with Crippen LogP contribution in [0.25, 0.3) is 10.8 Å². The second-order valence-corrected chi connectivity index (χ2v) is 8.35. The molecular formula is C26H26FN5O2. The van der Waals surface area contributed by atoms with Gasteiger partial charge in [-0.25, -0.2) is 9.49 Å². The van der Waals surface area contributed by atoms with Gasteiger partial charge >= 0.3 is 0 Å². The topological polar surface area (TPSA) is 83.9 Å². The lowest BCUT2D eigenvalue weighted by atomic mass is 10.0. The summed E-state index contributed by atoms with van der Waals surface area (Å²) >= 11 is 0. The van der Waals surface area contributed by atoms with Crippen molar-refractivity contribution in [3.63, 3.8) is 0 Å². The van der Waals surface area contributed by atoms with Crippen LogP contribution in [0, 0.1) is 5.82 Å². The maximum Gasteiger partial charge on any atom is 0.272 e. The van der Waals surface area contributed by atoms with Crippen molar-refractivity contribution in [1.29, 1.82) is 0 Å². The van der Waals surface area contributed by atoms with Gasteiger partial charge in [0.2, 0.25) is 0 Å². The number of H-pyrrole nitrogens is 1. The van der Waals surface area contributed by atoms with Crippen molar-refractivity contribution >= 4 is 16.7 Å². The second kappa shape index (κ2) is 9.43. The molecule has 0 unspecified atom stereocenters. The van der Waals surface area contributed by atoms with Crippen LogP contribution in [-0.2, 0) is 19.5 Å². The molecule has 2 aromatic carbocycles. The Morgan fingerprint density at radius 3 is 2.62 bits per heavy atom. The lowest BCUT2D eigenvalue weighted by Crippen LogP contribution is -2.27. The number of benzene rings is 2. The lowest BCUT2D eigenvalue weighted by Gasteiger charge is -2.18. The van der Waals surface area contributed by atoms with Crippen LogP contribution >= 0.6 is 0 Å². The summed E-state index contributed by atoms with van der Waals surface area (Å²) in [5.74, 6) is -0.908. The second-order valence-electron chi connectivity index (χ2n) is 8.35. The Morgan fingerprint density at radius 2 is 1.88 bits per heavy atom. The molecule has 5 rings (SSSR count). The highest BCUT2D eigenvalue weighted by atomic mass is 19.1. The fourth-order valence-electron chi connectivity index (χ4n) is 4.28. The number of aromatic nitrogens is 4. The molecule has 1 amide bonds. The molecule has 0 saturated carbocycles. The third-order valence-electron chi connectivity index (χ3n) is 5.87. The van der Waals surface area contributed by atoms with Gasteiger partial charge in [-0.2, -0.15) is 10.2 Å². The molecule has 0 fully saturated rings. The van der Waals surface area contributed by atoms with Crippen molar-refractivity contribution in [2.75, 3.05) is 0 Å². The molecule has 3 heterocycles. The summed E-state index contributed by atoms with van der Waals surface area (Å²) < 4.78 is 16.6. The molecule has 2 aromatic heterocycles. The van der Waals surface area contributed by atoms with Crippen molar-refractivity contribution in [1.82, 2.24) is 24.9 Å². The van der Waals surface area contributed by atoms with E-state index in [-0.39, 0.29) is 23.1 Å². The average molecular weight is 460 g/mol. The van der Waals surface area contributed by atoms with Crippen LogP contribution < -0.4 is 5.56 Å². The molecule has 0 aliphatic carbocycles. The third kappa shape index (κ3) is 4.14. The van der Waals surface area contributed by atoms with E-state index < -0.39 is 5.82 Å². The van der Waals surface area contributed by atoms with E-state index in [1.807, 2.05) is 30.7 Å². The number of hydrogen-bond acceptors (Lipinski definition) is 4. The molecule has 174 valence electrons. The number of hydrogen-bond donors (Lipinski definition) is 1. The minimum atomic E-state index is -0.556. The quantitative estimate of drug-likeness (QED) is 0.459. The van der Waals surface area contributed by atoms with E-state index in [2.05, 4.69) is 28.5 Å². The van der Waals surface area contributed by atoms with Gasteiger partial charge in [-0.15, -0.1) is 13.2 Å². The van der Waals surface area contributed by atoms with Gasteiger partial charge in [0.25, 0.3) is 11.5 Å². The van der Waals surface area contributed by atoms with Crippen molar-refractivity contribution in [3.8, 4) is 0 Å². The maximum atomic E-state index is 14.7. The summed E-state index contributed by atoms with van der Waals surface area (Å²) in [7, 11) is 0. The van der Waals surface area contributed by atoms with Crippen LogP contribution in [0.3, 0.4) is 0 Å². The van der Waals surface area contributed by atoms with Crippen LogP contribution in [0.5, 0.6) is 0 Å². The zero-order valence-electron chi connectivity index (χ0n) is 19.2. The molecular weight excluding hydrogens is 433 g/mol. The number of fused-ring (bicyclic) bond motifs is 2. The van der Waals surface area contributed by atoms with Gasteiger partial charge in [0.05, 0.1) is 35.1 Å². The van der Waals surface area contributed by atoms with Gasteiger partial charge in [0.15, 0.2) is 0 Å². The van der Waals surface area contributed by atoms with Crippen LogP contribution in [0.15, 0.2) is 66.6 Å². The molecule has 0 spiro atoms. The number of carbonyl (C=O) groups is 1. The van der Waals surface area contributed by atoms with Gasteiger partial charge < -0.3 is 4.90 Å². The summed E-state index contributed by atoms with van der Waals surface area (Å²) in [5.41, 5.74) is 3.17. The molecule has 1 aliphatic heterocycles. The minimum absolute atomic E-state index is 0.0328. The molecule has 34 heavy (non-hydrogen) atoms. The first-order valence-corrected chi connectivity index (χ1v) is 11.0. The Hall–Kier alpha value is -4.07. The van der Waals surface area contributed by atoms with Gasteiger partial charge in [0, 0.05) is 30.0 Å². The molecule has 0 radical (unpaired) electrons. The molecule has 0 saturated heterocycles. The zero-order chi connectivity index (χ0) is 24.4. The number of halogens is 1. The van der Waals surface area contributed by atoms with E-state index >= 15 is 0 Å². The maximum absolute atomic E-state index is 14.7. The van der Waals surface area contributed by atoms with Crippen molar-refractivity contribution < 1.29 is 9.18 Å². The molecule has 0 bridgehead atoms. The van der Waals surface area contributed by atoms with Crippen LogP contribution in [-0.4, -0.2) is 30.8 Å². The van der Waals surface area contributed by atoms with E-state index in [0.29, 0.717) is 30.6 Å². The number of aromatic amines is 1. The molecule has 1 N–H and O–H groups in total. The number of rotatable bonds is 4. The number of nitrogens with one attached hydrogen (secondary N) is 1. The normalized spacial score (nSPS) is 12.5. The molecule has 4 aromatic rings. The fourth-order valence-corrected chi connectivity index (χ4v) is 4.28. The Labute approximate surface area is 196 Å². The smallest absolute Gasteiger partial charge is 0.272 e. The Kier molecular flexibility index (Phi) is 6.40. The lowest BCUT2D eigenvalue weighted by molar-refractivity contribution is 0.0742. The molecule has 8 heteroatoms. The van der Waals surface area contributed by atoms with Crippen molar-refractivity contribution in [2.24, 2.45) is 0 Å². The molecule has 7 nitrogen and oxygen atoms in total. The van der Waals surface area contributed by atoms with Gasteiger partial charge in [-0.05, 0) is 37.6 Å². The first-order valence-electron chi connectivity index (χ1n) is 11.0. The number of amides is 1. The SMILES string of the molecule is C=C.CC(C)n1ncc2c1CN(C(=O)c1cc(Cc3n[nH]c(=O)c4ccccc34)ccc1F)C2.